The first-order chi connectivity index (χ1) is 21.0. The molecule has 0 spiro atoms. The summed E-state index contributed by atoms with van der Waals surface area (Å²) in [6.45, 7) is 2.41. The van der Waals surface area contributed by atoms with Crippen molar-refractivity contribution in [3.8, 4) is 0 Å². The fourth-order valence-electron chi connectivity index (χ4n) is 7.84. The zero-order chi connectivity index (χ0) is 29.6. The minimum Gasteiger partial charge on any atom is -0.324 e. The van der Waals surface area contributed by atoms with Crippen LogP contribution in [0.1, 0.15) is 113 Å². The number of anilines is 2. The summed E-state index contributed by atoms with van der Waals surface area (Å²) in [5.41, 5.74) is 6.67. The maximum atomic E-state index is 14.0. The summed E-state index contributed by atoms with van der Waals surface area (Å²) in [5.74, 6) is 3.44. The highest BCUT2D eigenvalue weighted by Gasteiger charge is 2.26. The quantitative estimate of drug-likeness (QED) is 0.280. The zero-order valence-electron chi connectivity index (χ0n) is 25.8. The number of aryl methyl sites for hydroxylation is 2. The van der Waals surface area contributed by atoms with Gasteiger partial charge in [-0.3, -0.25) is 0 Å². The highest BCUT2D eigenvalue weighted by atomic mass is 35.5. The lowest BCUT2D eigenvalue weighted by Crippen LogP contribution is -2.20. The van der Waals surface area contributed by atoms with Crippen molar-refractivity contribution in [3.05, 3.63) is 88.0 Å². The van der Waals surface area contributed by atoms with Crippen molar-refractivity contribution in [1.29, 1.82) is 0 Å². The van der Waals surface area contributed by atoms with Crippen molar-refractivity contribution in [1.82, 2.24) is 9.97 Å². The van der Waals surface area contributed by atoms with E-state index in [2.05, 4.69) is 47.6 Å². The first kappa shape index (κ1) is 30.3. The van der Waals surface area contributed by atoms with E-state index in [0.717, 1.165) is 54.7 Å². The molecule has 6 rings (SSSR count). The molecule has 1 N–H and O–H groups in total. The zero-order valence-corrected chi connectivity index (χ0v) is 26.5. The number of fused-ring (bicyclic) bond motifs is 1. The summed E-state index contributed by atoms with van der Waals surface area (Å²) in [6.07, 6.45) is 23.9. The first-order valence-electron chi connectivity index (χ1n) is 16.9. The number of benzene rings is 2. The maximum Gasteiger partial charge on any atom is 0.227 e. The molecule has 1 atom stereocenters. The van der Waals surface area contributed by atoms with Crippen LogP contribution in [0.2, 0.25) is 5.02 Å². The van der Waals surface area contributed by atoms with Crippen LogP contribution in [0, 0.1) is 29.5 Å². The average Bonchev–Trinajstić information content (AvgIpc) is 3.00. The molecule has 0 aliphatic heterocycles. The van der Waals surface area contributed by atoms with Gasteiger partial charge in [-0.1, -0.05) is 113 Å². The van der Waals surface area contributed by atoms with Gasteiger partial charge in [0, 0.05) is 22.5 Å². The van der Waals surface area contributed by atoms with Gasteiger partial charge in [-0.2, -0.15) is 0 Å². The van der Waals surface area contributed by atoms with Crippen LogP contribution in [-0.2, 0) is 12.8 Å². The number of rotatable bonds is 8. The van der Waals surface area contributed by atoms with Gasteiger partial charge >= 0.3 is 0 Å². The largest absolute Gasteiger partial charge is 0.324 e. The molecule has 3 aromatic rings. The van der Waals surface area contributed by atoms with Crippen LogP contribution >= 0.6 is 11.6 Å². The van der Waals surface area contributed by atoms with Crippen molar-refractivity contribution in [2.45, 2.75) is 103 Å². The molecule has 228 valence electrons. The number of hydrogen-bond acceptors (Lipinski definition) is 3. The molecule has 0 bridgehead atoms. The smallest absolute Gasteiger partial charge is 0.227 e. The van der Waals surface area contributed by atoms with E-state index in [1.54, 1.807) is 6.07 Å². The second kappa shape index (κ2) is 14.4. The highest BCUT2D eigenvalue weighted by Crippen LogP contribution is 2.39. The molecule has 2 fully saturated rings. The van der Waals surface area contributed by atoms with Crippen LogP contribution in [0.3, 0.4) is 0 Å². The number of nitrogens with zero attached hydrogens (tertiary/aromatic N) is 2. The van der Waals surface area contributed by atoms with E-state index in [9.17, 15) is 4.39 Å². The first-order valence-corrected chi connectivity index (χ1v) is 17.3. The molecular weight excluding hydrogens is 553 g/mol. The van der Waals surface area contributed by atoms with Crippen LogP contribution in [0.15, 0.2) is 54.7 Å². The lowest BCUT2D eigenvalue weighted by atomic mass is 9.74. The number of hydrogen-bond donors (Lipinski definition) is 1. The van der Waals surface area contributed by atoms with Crippen molar-refractivity contribution >= 4 is 28.8 Å². The summed E-state index contributed by atoms with van der Waals surface area (Å²) in [7, 11) is 0. The molecule has 43 heavy (non-hydrogen) atoms. The van der Waals surface area contributed by atoms with Gasteiger partial charge < -0.3 is 5.32 Å². The van der Waals surface area contributed by atoms with E-state index in [-0.39, 0.29) is 5.82 Å². The van der Waals surface area contributed by atoms with Gasteiger partial charge in [0.05, 0.1) is 5.69 Å². The molecule has 2 aromatic carbocycles. The van der Waals surface area contributed by atoms with Crippen LogP contribution in [0.5, 0.6) is 0 Å². The second-order valence-corrected chi connectivity index (χ2v) is 14.0. The molecule has 1 aromatic heterocycles. The Morgan fingerprint density at radius 1 is 0.907 bits per heavy atom. The van der Waals surface area contributed by atoms with Gasteiger partial charge in [0.25, 0.3) is 0 Å². The van der Waals surface area contributed by atoms with Crippen LogP contribution < -0.4 is 5.32 Å². The van der Waals surface area contributed by atoms with E-state index >= 15 is 0 Å². The molecule has 0 amide bonds. The normalized spacial score (nSPS) is 24.3. The number of nitrogens with one attached hydrogen (secondary N) is 1. The van der Waals surface area contributed by atoms with Crippen molar-refractivity contribution in [2.75, 3.05) is 5.32 Å². The number of aromatic nitrogens is 2. The predicted molar refractivity (Wildman–Crippen MR) is 177 cm³/mol. The molecule has 0 saturated heterocycles. The van der Waals surface area contributed by atoms with E-state index < -0.39 is 0 Å². The van der Waals surface area contributed by atoms with E-state index in [1.165, 1.54) is 99.5 Å². The van der Waals surface area contributed by atoms with E-state index in [0.29, 0.717) is 22.6 Å². The number of allylic oxidation sites excluding steroid dienone is 1. The van der Waals surface area contributed by atoms with Crippen molar-refractivity contribution in [2.24, 2.45) is 23.7 Å². The van der Waals surface area contributed by atoms with Crippen LogP contribution in [0.4, 0.5) is 16.0 Å². The molecule has 3 nitrogen and oxygen atoms in total. The van der Waals surface area contributed by atoms with E-state index in [1.807, 2.05) is 6.20 Å². The van der Waals surface area contributed by atoms with Crippen molar-refractivity contribution in [3.63, 3.8) is 0 Å². The topological polar surface area (TPSA) is 37.8 Å². The Labute approximate surface area is 262 Å². The summed E-state index contributed by atoms with van der Waals surface area (Å²) < 4.78 is 14.0. The fourth-order valence-corrected chi connectivity index (χ4v) is 8.06. The van der Waals surface area contributed by atoms with E-state index in [4.69, 9.17) is 16.6 Å². The molecule has 2 saturated carbocycles. The van der Waals surface area contributed by atoms with Crippen LogP contribution in [-0.4, -0.2) is 9.97 Å². The number of halogens is 2. The van der Waals surface area contributed by atoms with Gasteiger partial charge in [-0.05, 0) is 90.7 Å². The minimum atomic E-state index is -0.381. The SMILES string of the molecule is CC1CCC(CCCc2ccc(/C3=C/CC(C4CCCCC4)CCc4nc(Nc5cc(F)cc(Cl)c5)ncc43)cc2)CC1. The molecule has 0 radical (unpaired) electrons. The monoisotopic (exact) mass is 599 g/mol. The molecule has 1 unspecified atom stereocenters. The third-order valence-corrected chi connectivity index (χ3v) is 10.7. The maximum absolute atomic E-state index is 14.0. The van der Waals surface area contributed by atoms with Gasteiger partial charge in [0.2, 0.25) is 5.95 Å². The van der Waals surface area contributed by atoms with Gasteiger partial charge in [-0.15, -0.1) is 0 Å². The highest BCUT2D eigenvalue weighted by molar-refractivity contribution is 6.30. The lowest BCUT2D eigenvalue weighted by Gasteiger charge is -2.31. The molecule has 1 heterocycles. The van der Waals surface area contributed by atoms with Crippen LogP contribution in [0.25, 0.3) is 5.57 Å². The Morgan fingerprint density at radius 3 is 2.47 bits per heavy atom. The standard InChI is InChI=1S/C38H47ClFN3/c1-26-10-12-27(13-11-26)6-5-7-28-14-16-31(17-15-28)35-20-18-30(29-8-3-2-4-9-29)19-21-37-36(35)25-41-38(43-37)42-34-23-32(39)22-33(40)24-34/h14-17,20,22-27,29-30H,2-13,18-19,21H2,1H3,(H,41,42,43)/b35-20-. The Hall–Kier alpha value is -2.72. The minimum absolute atomic E-state index is 0.348. The summed E-state index contributed by atoms with van der Waals surface area (Å²) in [5, 5.41) is 3.54. The lowest BCUT2D eigenvalue weighted by molar-refractivity contribution is 0.236. The second-order valence-electron chi connectivity index (χ2n) is 13.6. The Kier molecular flexibility index (Phi) is 10.1. The Bertz CT molecular complexity index is 1370. The third kappa shape index (κ3) is 8.06. The molecule has 3 aliphatic rings. The van der Waals surface area contributed by atoms with Gasteiger partial charge in [-0.25, -0.2) is 14.4 Å². The fraction of sp³-hybridized carbons (Fsp3) is 0.526. The summed E-state index contributed by atoms with van der Waals surface area (Å²) >= 11 is 6.10. The summed E-state index contributed by atoms with van der Waals surface area (Å²) in [6, 6.07) is 13.7. The molecular formula is C38H47ClFN3. The average molecular weight is 600 g/mol. The van der Waals surface area contributed by atoms with Gasteiger partial charge in [0.1, 0.15) is 5.82 Å². The Balaban J connectivity index is 1.21. The predicted octanol–water partition coefficient (Wildman–Crippen LogP) is 11.1. The molecule has 3 aliphatic carbocycles. The Morgan fingerprint density at radius 2 is 1.70 bits per heavy atom. The summed E-state index contributed by atoms with van der Waals surface area (Å²) in [4.78, 5) is 9.69. The third-order valence-electron chi connectivity index (χ3n) is 10.4. The molecule has 5 heteroatoms. The van der Waals surface area contributed by atoms with Gasteiger partial charge in [0.15, 0.2) is 0 Å². The van der Waals surface area contributed by atoms with Crippen molar-refractivity contribution < 1.29 is 4.39 Å².